The second-order valence-electron chi connectivity index (χ2n) is 3.53. The summed E-state index contributed by atoms with van der Waals surface area (Å²) in [6.45, 7) is 1.47. The Morgan fingerprint density at radius 3 is 2.29 bits per heavy atom. The largest absolute Gasteiger partial charge is 1.00 e. The molecule has 0 saturated heterocycles. The van der Waals surface area contributed by atoms with Crippen LogP contribution in [0.5, 0.6) is 5.75 Å². The fraction of sp³-hybridized carbons (Fsp3) is 0.154. The first-order valence-corrected chi connectivity index (χ1v) is 5.27. The molecule has 2 N–H and O–H groups in total. The van der Waals surface area contributed by atoms with Gasteiger partial charge in [-0.3, -0.25) is 0 Å². The number of halogens is 1. The smallest absolute Gasteiger partial charge is 0.182 e. The number of nitrogen functional groups attached to an aromatic ring is 1. The van der Waals surface area contributed by atoms with E-state index in [0.29, 0.717) is 6.61 Å². The van der Waals surface area contributed by atoms with Crippen molar-refractivity contribution >= 4 is 5.69 Å². The lowest BCUT2D eigenvalue weighted by molar-refractivity contribution is -0.697. The van der Waals surface area contributed by atoms with Gasteiger partial charge in [0, 0.05) is 17.8 Å². The third-order valence-corrected chi connectivity index (χ3v) is 2.28. The Morgan fingerprint density at radius 2 is 1.65 bits per heavy atom. The number of hydrogen-bond acceptors (Lipinski definition) is 2. The molecule has 4 heteroatoms. The second kappa shape index (κ2) is 6.91. The molecule has 0 aliphatic carbocycles. The summed E-state index contributed by atoms with van der Waals surface area (Å²) in [6.07, 6.45) is 3.90. The summed E-state index contributed by atoms with van der Waals surface area (Å²) in [6, 6.07) is 13.6. The van der Waals surface area contributed by atoms with Gasteiger partial charge in [0.15, 0.2) is 18.9 Å². The van der Waals surface area contributed by atoms with Crippen LogP contribution >= 0.6 is 0 Å². The Labute approximate surface area is 112 Å². The molecule has 17 heavy (non-hydrogen) atoms. The monoisotopic (exact) mass is 294 g/mol. The maximum absolute atomic E-state index is 5.60. The zero-order valence-corrected chi connectivity index (χ0v) is 11.0. The number of ether oxygens (including phenoxy) is 1. The van der Waals surface area contributed by atoms with Crippen LogP contribution in [0, 0.1) is 0 Å². The molecule has 90 valence electrons. The van der Waals surface area contributed by atoms with Crippen molar-refractivity contribution in [2.45, 2.75) is 6.54 Å². The van der Waals surface area contributed by atoms with Crippen LogP contribution in [0.4, 0.5) is 5.69 Å². The van der Waals surface area contributed by atoms with E-state index in [2.05, 4.69) is 0 Å². The first-order valence-electron chi connectivity index (χ1n) is 5.27. The molecular weight excluding hydrogens is 280 g/mol. The molecule has 0 bridgehead atoms. The van der Waals surface area contributed by atoms with Gasteiger partial charge in [-0.25, -0.2) is 4.57 Å². The Morgan fingerprint density at radius 1 is 1.00 bits per heavy atom. The van der Waals surface area contributed by atoms with Gasteiger partial charge >= 0.3 is 0 Å². The molecule has 2 rings (SSSR count). The predicted octanol–water partition coefficient (Wildman–Crippen LogP) is -1.36. The molecule has 0 atom stereocenters. The zero-order valence-electron chi connectivity index (χ0n) is 9.42. The third-order valence-electron chi connectivity index (χ3n) is 2.28. The normalized spacial score (nSPS) is 9.41. The summed E-state index contributed by atoms with van der Waals surface area (Å²) in [4.78, 5) is 0. The fourth-order valence-corrected chi connectivity index (χ4v) is 1.40. The van der Waals surface area contributed by atoms with Crippen LogP contribution in [0.25, 0.3) is 0 Å². The molecule has 1 heterocycles. The lowest BCUT2D eigenvalue weighted by atomic mass is 10.3. The maximum Gasteiger partial charge on any atom is 0.182 e. The predicted molar refractivity (Wildman–Crippen MR) is 63.0 cm³/mol. The van der Waals surface area contributed by atoms with Crippen LogP contribution < -0.4 is 32.0 Å². The first-order chi connectivity index (χ1) is 7.84. The molecule has 3 nitrogen and oxygen atoms in total. The Bertz CT molecular complexity index is 431. The summed E-state index contributed by atoms with van der Waals surface area (Å²) in [5.41, 5.74) is 6.38. The number of aromatic nitrogens is 1. The SMILES string of the molecule is Nc1cc[n+](CCOc2ccccc2)cc1.[Br-]. The van der Waals surface area contributed by atoms with E-state index in [4.69, 9.17) is 10.5 Å². The van der Waals surface area contributed by atoms with Crippen molar-refractivity contribution in [3.05, 3.63) is 54.9 Å². The minimum Gasteiger partial charge on any atom is -1.00 e. The molecule has 0 aliphatic heterocycles. The highest BCUT2D eigenvalue weighted by atomic mass is 79.9. The highest BCUT2D eigenvalue weighted by Crippen LogP contribution is 2.07. The molecular formula is C13H15BrN2O. The minimum atomic E-state index is 0. The van der Waals surface area contributed by atoms with Crippen LogP contribution in [-0.2, 0) is 6.54 Å². The van der Waals surface area contributed by atoms with Crippen LogP contribution in [0.15, 0.2) is 54.9 Å². The van der Waals surface area contributed by atoms with Crippen molar-refractivity contribution in [1.29, 1.82) is 0 Å². The van der Waals surface area contributed by atoms with E-state index >= 15 is 0 Å². The Hall–Kier alpha value is -1.55. The molecule has 1 aromatic heterocycles. The first kappa shape index (κ1) is 13.5. The van der Waals surface area contributed by atoms with Crippen molar-refractivity contribution in [2.75, 3.05) is 12.3 Å². The summed E-state index contributed by atoms with van der Waals surface area (Å²) >= 11 is 0. The maximum atomic E-state index is 5.60. The van der Waals surface area contributed by atoms with Gasteiger partial charge in [0.2, 0.25) is 0 Å². The average molecular weight is 295 g/mol. The molecule has 2 aromatic rings. The molecule has 0 fully saturated rings. The highest BCUT2D eigenvalue weighted by Gasteiger charge is 1.99. The van der Waals surface area contributed by atoms with Crippen molar-refractivity contribution < 1.29 is 26.3 Å². The molecule has 0 spiro atoms. The van der Waals surface area contributed by atoms with Gasteiger partial charge in [0.25, 0.3) is 0 Å². The fourth-order valence-electron chi connectivity index (χ4n) is 1.40. The van der Waals surface area contributed by atoms with Gasteiger partial charge in [-0.05, 0) is 12.1 Å². The number of nitrogens with zero attached hydrogens (tertiary/aromatic N) is 1. The number of hydrogen-bond donors (Lipinski definition) is 1. The summed E-state index contributed by atoms with van der Waals surface area (Å²) in [7, 11) is 0. The molecule has 0 saturated carbocycles. The number of benzene rings is 1. The minimum absolute atomic E-state index is 0. The van der Waals surface area contributed by atoms with Crippen LogP contribution in [0.3, 0.4) is 0 Å². The van der Waals surface area contributed by atoms with Crippen molar-refractivity contribution in [3.63, 3.8) is 0 Å². The van der Waals surface area contributed by atoms with E-state index in [1.54, 1.807) is 0 Å². The topological polar surface area (TPSA) is 39.1 Å². The van der Waals surface area contributed by atoms with Crippen molar-refractivity contribution in [3.8, 4) is 5.75 Å². The molecule has 1 aromatic carbocycles. The number of para-hydroxylation sites is 1. The van der Waals surface area contributed by atoms with E-state index in [9.17, 15) is 0 Å². The quantitative estimate of drug-likeness (QED) is 0.708. The van der Waals surface area contributed by atoms with Gasteiger partial charge in [-0.15, -0.1) is 0 Å². The number of anilines is 1. The summed E-state index contributed by atoms with van der Waals surface area (Å²) in [5.74, 6) is 0.901. The summed E-state index contributed by atoms with van der Waals surface area (Å²) < 4.78 is 7.63. The Balaban J connectivity index is 0.00000144. The standard InChI is InChI=1S/C13H14N2O.BrH/c14-12-6-8-15(9-7-12)10-11-16-13-4-2-1-3-5-13;/h1-9,14H,10-11H2;1H. The van der Waals surface area contributed by atoms with Crippen LogP contribution in [-0.4, -0.2) is 6.61 Å². The lowest BCUT2D eigenvalue weighted by Gasteiger charge is -2.03. The molecule has 0 unspecified atom stereocenters. The van der Waals surface area contributed by atoms with E-state index in [1.165, 1.54) is 0 Å². The average Bonchev–Trinajstić information content (AvgIpc) is 2.33. The Kier molecular flexibility index (Phi) is 5.49. The second-order valence-corrected chi connectivity index (χ2v) is 3.53. The van der Waals surface area contributed by atoms with Crippen LogP contribution in [0.1, 0.15) is 0 Å². The van der Waals surface area contributed by atoms with Gasteiger partial charge in [0.05, 0.1) is 0 Å². The number of rotatable bonds is 4. The molecule has 0 aliphatic rings. The van der Waals surface area contributed by atoms with Crippen LogP contribution in [0.2, 0.25) is 0 Å². The van der Waals surface area contributed by atoms with Crippen molar-refractivity contribution in [2.24, 2.45) is 0 Å². The van der Waals surface area contributed by atoms with Gasteiger partial charge in [0.1, 0.15) is 12.4 Å². The number of nitrogens with two attached hydrogens (primary N) is 1. The zero-order chi connectivity index (χ0) is 11.2. The van der Waals surface area contributed by atoms with E-state index in [0.717, 1.165) is 18.0 Å². The summed E-state index contributed by atoms with van der Waals surface area (Å²) in [5, 5.41) is 0. The van der Waals surface area contributed by atoms with E-state index in [1.807, 2.05) is 59.4 Å². The van der Waals surface area contributed by atoms with E-state index < -0.39 is 0 Å². The van der Waals surface area contributed by atoms with Gasteiger partial charge in [-0.2, -0.15) is 0 Å². The van der Waals surface area contributed by atoms with E-state index in [-0.39, 0.29) is 17.0 Å². The van der Waals surface area contributed by atoms with Crippen molar-refractivity contribution in [1.82, 2.24) is 0 Å². The van der Waals surface area contributed by atoms with Gasteiger partial charge < -0.3 is 27.5 Å². The number of pyridine rings is 1. The third kappa shape index (κ3) is 4.44. The highest BCUT2D eigenvalue weighted by molar-refractivity contribution is 5.32. The lowest BCUT2D eigenvalue weighted by Crippen LogP contribution is -3.00. The van der Waals surface area contributed by atoms with Gasteiger partial charge in [-0.1, -0.05) is 18.2 Å². The molecule has 0 radical (unpaired) electrons. The molecule has 0 amide bonds.